The van der Waals surface area contributed by atoms with E-state index in [4.69, 9.17) is 9.47 Å². The summed E-state index contributed by atoms with van der Waals surface area (Å²) in [4.78, 5) is 12.5. The van der Waals surface area contributed by atoms with Crippen molar-refractivity contribution in [1.82, 2.24) is 0 Å². The maximum atomic E-state index is 13.6. The molecule has 3 aromatic rings. The molecule has 3 aromatic carbocycles. The molecule has 0 aliphatic carbocycles. The lowest BCUT2D eigenvalue weighted by molar-refractivity contribution is -0.137. The Morgan fingerprint density at radius 1 is 0.971 bits per heavy atom. The van der Waals surface area contributed by atoms with Crippen LogP contribution in [0.15, 0.2) is 76.1 Å². The number of amides is 1. The van der Waals surface area contributed by atoms with Gasteiger partial charge in [0.25, 0.3) is 10.0 Å². The number of carbonyl (C=O) groups is 1. The zero-order valence-electron chi connectivity index (χ0n) is 18.5. The standard InChI is InChI=1S/C23H20BrF3N2O5S/c1-33-20-11-10-19(13-21(20)34-2)35(31,32)29(18-5-3-4-15(12-18)23(25,26)27)14-22(30)28-17-8-6-16(24)7-9-17/h3-13H,14H2,1-2H3,(H,28,30). The van der Waals surface area contributed by atoms with E-state index in [-0.39, 0.29) is 22.1 Å². The van der Waals surface area contributed by atoms with E-state index in [0.717, 1.165) is 16.6 Å². The van der Waals surface area contributed by atoms with Crippen molar-refractivity contribution in [1.29, 1.82) is 0 Å². The highest BCUT2D eigenvalue weighted by Gasteiger charge is 2.33. The van der Waals surface area contributed by atoms with Crippen molar-refractivity contribution in [3.05, 3.63) is 76.8 Å². The number of hydrogen-bond donors (Lipinski definition) is 1. The average Bonchev–Trinajstić information content (AvgIpc) is 2.83. The Kier molecular flexibility index (Phi) is 7.96. The number of hydrogen-bond acceptors (Lipinski definition) is 5. The highest BCUT2D eigenvalue weighted by atomic mass is 79.9. The van der Waals surface area contributed by atoms with Gasteiger partial charge in [0.2, 0.25) is 5.91 Å². The van der Waals surface area contributed by atoms with Crippen LogP contribution in [0, 0.1) is 0 Å². The van der Waals surface area contributed by atoms with Crippen LogP contribution in [-0.4, -0.2) is 35.1 Å². The molecule has 7 nitrogen and oxygen atoms in total. The van der Waals surface area contributed by atoms with Gasteiger partial charge in [-0.15, -0.1) is 0 Å². The van der Waals surface area contributed by atoms with Gasteiger partial charge in [-0.05, 0) is 54.6 Å². The summed E-state index contributed by atoms with van der Waals surface area (Å²) in [5.74, 6) is -0.407. The van der Waals surface area contributed by atoms with Gasteiger partial charge in [0.1, 0.15) is 6.54 Å². The number of nitrogens with one attached hydrogen (secondary N) is 1. The van der Waals surface area contributed by atoms with Gasteiger partial charge in [0.15, 0.2) is 11.5 Å². The highest BCUT2D eigenvalue weighted by molar-refractivity contribution is 9.10. The first-order valence-corrected chi connectivity index (χ1v) is 12.2. The van der Waals surface area contributed by atoms with Crippen molar-refractivity contribution in [2.45, 2.75) is 11.1 Å². The first kappa shape index (κ1) is 26.4. The second-order valence-corrected chi connectivity index (χ2v) is 9.91. The molecule has 1 N–H and O–H groups in total. The molecule has 1 amide bonds. The summed E-state index contributed by atoms with van der Waals surface area (Å²) in [6.07, 6.45) is -4.71. The third-order valence-electron chi connectivity index (χ3n) is 4.82. The number of halogens is 4. The van der Waals surface area contributed by atoms with E-state index in [1.807, 2.05) is 0 Å². The minimum Gasteiger partial charge on any atom is -0.493 e. The number of carbonyl (C=O) groups excluding carboxylic acids is 1. The van der Waals surface area contributed by atoms with Gasteiger partial charge < -0.3 is 14.8 Å². The lowest BCUT2D eigenvalue weighted by atomic mass is 10.2. The van der Waals surface area contributed by atoms with Crippen LogP contribution in [0.25, 0.3) is 0 Å². The molecule has 0 aromatic heterocycles. The summed E-state index contributed by atoms with van der Waals surface area (Å²) in [5, 5.41) is 2.55. The summed E-state index contributed by atoms with van der Waals surface area (Å²) in [6.45, 7) is -0.784. The van der Waals surface area contributed by atoms with Crippen molar-refractivity contribution in [2.75, 3.05) is 30.4 Å². The Morgan fingerprint density at radius 2 is 1.63 bits per heavy atom. The minimum atomic E-state index is -4.71. The van der Waals surface area contributed by atoms with Gasteiger partial charge in [-0.25, -0.2) is 8.42 Å². The molecule has 0 fully saturated rings. The monoisotopic (exact) mass is 572 g/mol. The third-order valence-corrected chi connectivity index (χ3v) is 7.12. The Labute approximate surface area is 208 Å². The van der Waals surface area contributed by atoms with Crippen molar-refractivity contribution in [3.63, 3.8) is 0 Å². The predicted molar refractivity (Wildman–Crippen MR) is 128 cm³/mol. The molecule has 0 spiro atoms. The Morgan fingerprint density at radius 3 is 2.23 bits per heavy atom. The van der Waals surface area contributed by atoms with E-state index in [0.29, 0.717) is 16.1 Å². The summed E-state index contributed by atoms with van der Waals surface area (Å²) >= 11 is 3.27. The van der Waals surface area contributed by atoms with Crippen LogP contribution < -0.4 is 19.1 Å². The van der Waals surface area contributed by atoms with Crippen LogP contribution in [0.1, 0.15) is 5.56 Å². The molecule has 0 aliphatic rings. The zero-order chi connectivity index (χ0) is 25.8. The van der Waals surface area contributed by atoms with E-state index >= 15 is 0 Å². The van der Waals surface area contributed by atoms with E-state index in [1.165, 1.54) is 38.5 Å². The van der Waals surface area contributed by atoms with Crippen LogP contribution in [0.4, 0.5) is 24.5 Å². The Balaban J connectivity index is 2.05. The van der Waals surface area contributed by atoms with Crippen LogP contribution >= 0.6 is 15.9 Å². The smallest absolute Gasteiger partial charge is 0.416 e. The molecule has 186 valence electrons. The molecule has 12 heteroatoms. The molecule has 0 unspecified atom stereocenters. The first-order valence-electron chi connectivity index (χ1n) is 9.93. The normalized spacial score (nSPS) is 11.6. The molecule has 0 heterocycles. The van der Waals surface area contributed by atoms with Gasteiger partial charge in [-0.1, -0.05) is 22.0 Å². The fourth-order valence-electron chi connectivity index (χ4n) is 3.12. The SMILES string of the molecule is COc1ccc(S(=O)(=O)N(CC(=O)Nc2ccc(Br)cc2)c2cccc(C(F)(F)F)c2)cc1OC. The summed E-state index contributed by atoms with van der Waals surface area (Å²) in [7, 11) is -1.83. The molecule has 35 heavy (non-hydrogen) atoms. The first-order chi connectivity index (χ1) is 16.5. The molecule has 0 radical (unpaired) electrons. The van der Waals surface area contributed by atoms with Crippen LogP contribution in [0.5, 0.6) is 11.5 Å². The number of ether oxygens (including phenoxy) is 2. The Hall–Kier alpha value is -3.25. The average molecular weight is 573 g/mol. The lowest BCUT2D eigenvalue weighted by Gasteiger charge is -2.25. The molecule has 0 atom stereocenters. The number of benzene rings is 3. The molecule has 0 bridgehead atoms. The number of anilines is 2. The van der Waals surface area contributed by atoms with E-state index in [2.05, 4.69) is 21.2 Å². The largest absolute Gasteiger partial charge is 0.493 e. The second kappa shape index (κ2) is 10.6. The maximum Gasteiger partial charge on any atom is 0.416 e. The van der Waals surface area contributed by atoms with Gasteiger partial charge in [-0.2, -0.15) is 13.2 Å². The number of methoxy groups -OCH3 is 2. The molecule has 3 rings (SSSR count). The minimum absolute atomic E-state index is 0.0943. The van der Waals surface area contributed by atoms with Crippen LogP contribution in [0.2, 0.25) is 0 Å². The number of rotatable bonds is 8. The van der Waals surface area contributed by atoms with Gasteiger partial charge in [-0.3, -0.25) is 9.10 Å². The van der Waals surface area contributed by atoms with E-state index in [1.54, 1.807) is 24.3 Å². The van der Waals surface area contributed by atoms with Crippen molar-refractivity contribution < 1.29 is 35.9 Å². The van der Waals surface area contributed by atoms with E-state index < -0.39 is 34.2 Å². The summed E-state index contributed by atoms with van der Waals surface area (Å²) in [5.41, 5.74) is -1.01. The Bertz CT molecular complexity index is 1320. The molecule has 0 saturated carbocycles. The van der Waals surface area contributed by atoms with Crippen molar-refractivity contribution in [2.24, 2.45) is 0 Å². The molecular formula is C23H20BrF3N2O5S. The quantitative estimate of drug-likeness (QED) is 0.395. The fraction of sp³-hybridized carbons (Fsp3) is 0.174. The van der Waals surface area contributed by atoms with Gasteiger partial charge in [0.05, 0.1) is 30.4 Å². The third kappa shape index (κ3) is 6.25. The van der Waals surface area contributed by atoms with Crippen molar-refractivity contribution >= 4 is 43.2 Å². The lowest BCUT2D eigenvalue weighted by Crippen LogP contribution is -2.38. The molecular weight excluding hydrogens is 553 g/mol. The number of sulfonamides is 1. The number of nitrogens with zero attached hydrogens (tertiary/aromatic N) is 1. The van der Waals surface area contributed by atoms with Crippen LogP contribution in [-0.2, 0) is 21.0 Å². The highest BCUT2D eigenvalue weighted by Crippen LogP contribution is 2.35. The van der Waals surface area contributed by atoms with Crippen LogP contribution in [0.3, 0.4) is 0 Å². The molecule has 0 saturated heterocycles. The van der Waals surface area contributed by atoms with Crippen molar-refractivity contribution in [3.8, 4) is 11.5 Å². The van der Waals surface area contributed by atoms with E-state index in [9.17, 15) is 26.4 Å². The second-order valence-electron chi connectivity index (χ2n) is 7.13. The maximum absolute atomic E-state index is 13.6. The van der Waals surface area contributed by atoms with Gasteiger partial charge >= 0.3 is 6.18 Å². The number of alkyl halides is 3. The van der Waals surface area contributed by atoms with Gasteiger partial charge in [0, 0.05) is 16.2 Å². The summed E-state index contributed by atoms with van der Waals surface area (Å²) in [6, 6.07) is 14.0. The summed E-state index contributed by atoms with van der Waals surface area (Å²) < 4.78 is 78.8. The topological polar surface area (TPSA) is 84.9 Å². The predicted octanol–water partition coefficient (Wildman–Crippen LogP) is 5.32. The molecule has 0 aliphatic heterocycles. The zero-order valence-corrected chi connectivity index (χ0v) is 20.9. The fourth-order valence-corrected chi connectivity index (χ4v) is 4.81.